The second-order valence-corrected chi connectivity index (χ2v) is 3.07. The van der Waals surface area contributed by atoms with Gasteiger partial charge in [0.1, 0.15) is 6.10 Å². The molecule has 4 nitrogen and oxygen atoms in total. The fourth-order valence-electron chi connectivity index (χ4n) is 1.18. The second kappa shape index (κ2) is 4.83. The van der Waals surface area contributed by atoms with Crippen molar-refractivity contribution in [1.82, 2.24) is 4.98 Å². The fraction of sp³-hybridized carbons (Fsp3) is 0.400. The number of hydrogen-bond donors (Lipinski definition) is 2. The highest BCUT2D eigenvalue weighted by molar-refractivity contribution is 5.84. The normalized spacial score (nSPS) is 14.8. The van der Waals surface area contributed by atoms with Gasteiger partial charge in [0.15, 0.2) is 5.78 Å². The zero-order valence-electron chi connectivity index (χ0n) is 8.05. The zero-order chi connectivity index (χ0) is 10.6. The van der Waals surface area contributed by atoms with Gasteiger partial charge in [0.2, 0.25) is 0 Å². The van der Waals surface area contributed by atoms with Gasteiger partial charge >= 0.3 is 0 Å². The maximum atomic E-state index is 11.2. The average Bonchev–Trinajstić information content (AvgIpc) is 2.27. The number of pyridine rings is 1. The lowest BCUT2D eigenvalue weighted by atomic mass is 9.99. The quantitative estimate of drug-likeness (QED) is 0.728. The van der Waals surface area contributed by atoms with Crippen molar-refractivity contribution < 1.29 is 9.90 Å². The van der Waals surface area contributed by atoms with Crippen molar-refractivity contribution >= 4 is 5.78 Å². The van der Waals surface area contributed by atoms with Crippen LogP contribution >= 0.6 is 0 Å². The van der Waals surface area contributed by atoms with E-state index in [9.17, 15) is 9.90 Å². The molecule has 1 aromatic heterocycles. The minimum absolute atomic E-state index is 0.144. The molecule has 0 aliphatic heterocycles. The van der Waals surface area contributed by atoms with Gasteiger partial charge in [0, 0.05) is 18.8 Å². The third kappa shape index (κ3) is 2.37. The van der Waals surface area contributed by atoms with Crippen molar-refractivity contribution in [3.8, 4) is 0 Å². The molecule has 0 aliphatic rings. The van der Waals surface area contributed by atoms with Crippen molar-refractivity contribution in [2.24, 2.45) is 5.73 Å². The molecule has 4 heteroatoms. The highest BCUT2D eigenvalue weighted by Crippen LogP contribution is 2.15. The molecule has 0 saturated carbocycles. The van der Waals surface area contributed by atoms with Crippen LogP contribution in [0.5, 0.6) is 0 Å². The largest absolute Gasteiger partial charge is 0.386 e. The van der Waals surface area contributed by atoms with E-state index in [4.69, 9.17) is 5.73 Å². The van der Waals surface area contributed by atoms with E-state index in [1.165, 1.54) is 0 Å². The van der Waals surface area contributed by atoms with Crippen molar-refractivity contribution in [2.75, 3.05) is 0 Å². The third-order valence-corrected chi connectivity index (χ3v) is 2.11. The highest BCUT2D eigenvalue weighted by Gasteiger charge is 2.22. The first-order valence-electron chi connectivity index (χ1n) is 4.53. The van der Waals surface area contributed by atoms with Crippen LogP contribution in [0, 0.1) is 0 Å². The lowest BCUT2D eigenvalue weighted by molar-refractivity contribution is -0.122. The SMILES string of the molecule is CCC(=O)C(N)C(O)c1ccncc1. The molecule has 1 heterocycles. The number of ketones is 1. The number of aliphatic hydroxyl groups is 1. The van der Waals surface area contributed by atoms with Gasteiger partial charge in [-0.15, -0.1) is 0 Å². The van der Waals surface area contributed by atoms with E-state index in [0.717, 1.165) is 0 Å². The molecule has 3 N–H and O–H groups in total. The first kappa shape index (κ1) is 10.8. The number of rotatable bonds is 4. The number of nitrogens with zero attached hydrogens (tertiary/aromatic N) is 1. The molecule has 1 aromatic rings. The van der Waals surface area contributed by atoms with Crippen LogP contribution in [0.1, 0.15) is 25.0 Å². The summed E-state index contributed by atoms with van der Waals surface area (Å²) in [5.74, 6) is -0.144. The third-order valence-electron chi connectivity index (χ3n) is 2.11. The first-order valence-corrected chi connectivity index (χ1v) is 4.53. The predicted molar refractivity (Wildman–Crippen MR) is 52.5 cm³/mol. The van der Waals surface area contributed by atoms with E-state index in [-0.39, 0.29) is 5.78 Å². The topological polar surface area (TPSA) is 76.2 Å². The van der Waals surface area contributed by atoms with E-state index in [0.29, 0.717) is 12.0 Å². The minimum Gasteiger partial charge on any atom is -0.386 e. The van der Waals surface area contributed by atoms with E-state index >= 15 is 0 Å². The summed E-state index contributed by atoms with van der Waals surface area (Å²) in [7, 11) is 0. The average molecular weight is 194 g/mol. The van der Waals surface area contributed by atoms with Gasteiger partial charge in [-0.25, -0.2) is 0 Å². The van der Waals surface area contributed by atoms with Gasteiger partial charge in [-0.1, -0.05) is 6.92 Å². The minimum atomic E-state index is -0.939. The molecule has 76 valence electrons. The summed E-state index contributed by atoms with van der Waals surface area (Å²) < 4.78 is 0. The number of carbonyl (C=O) groups is 1. The lowest BCUT2D eigenvalue weighted by Gasteiger charge is -2.16. The van der Waals surface area contributed by atoms with Gasteiger partial charge < -0.3 is 10.8 Å². The van der Waals surface area contributed by atoms with E-state index in [1.807, 2.05) is 0 Å². The number of Topliss-reactive ketones (excluding diaryl/α,β-unsaturated/α-hetero) is 1. The highest BCUT2D eigenvalue weighted by atomic mass is 16.3. The molecule has 0 aliphatic carbocycles. The van der Waals surface area contributed by atoms with Gasteiger partial charge in [0.25, 0.3) is 0 Å². The zero-order valence-corrected chi connectivity index (χ0v) is 8.05. The Kier molecular flexibility index (Phi) is 3.73. The molecule has 0 aromatic carbocycles. The molecular formula is C10H14N2O2. The molecule has 0 spiro atoms. The Balaban J connectivity index is 2.75. The van der Waals surface area contributed by atoms with Crippen LogP contribution in [-0.2, 0) is 4.79 Å². The van der Waals surface area contributed by atoms with Crippen LogP contribution in [0.25, 0.3) is 0 Å². The van der Waals surface area contributed by atoms with Crippen LogP contribution in [-0.4, -0.2) is 21.9 Å². The maximum Gasteiger partial charge on any atom is 0.152 e. The monoisotopic (exact) mass is 194 g/mol. The Bertz CT molecular complexity index is 300. The van der Waals surface area contributed by atoms with E-state index < -0.39 is 12.1 Å². The van der Waals surface area contributed by atoms with Gasteiger partial charge in [-0.3, -0.25) is 9.78 Å². The van der Waals surface area contributed by atoms with Crippen molar-refractivity contribution in [2.45, 2.75) is 25.5 Å². The molecule has 14 heavy (non-hydrogen) atoms. The second-order valence-electron chi connectivity index (χ2n) is 3.07. The van der Waals surface area contributed by atoms with E-state index in [2.05, 4.69) is 4.98 Å². The molecule has 0 amide bonds. The molecule has 2 unspecified atom stereocenters. The smallest absolute Gasteiger partial charge is 0.152 e. The summed E-state index contributed by atoms with van der Waals surface area (Å²) in [5.41, 5.74) is 6.20. The molecule has 2 atom stereocenters. The summed E-state index contributed by atoms with van der Waals surface area (Å²) in [6.07, 6.45) is 2.51. The Hall–Kier alpha value is -1.26. The van der Waals surface area contributed by atoms with Crippen LogP contribution in [0.4, 0.5) is 0 Å². The lowest BCUT2D eigenvalue weighted by Crippen LogP contribution is -2.36. The standard InChI is InChI=1S/C10H14N2O2/c1-2-8(13)9(11)10(14)7-3-5-12-6-4-7/h3-6,9-10,14H,2,11H2,1H3. The van der Waals surface area contributed by atoms with Crippen LogP contribution < -0.4 is 5.73 Å². The number of hydrogen-bond acceptors (Lipinski definition) is 4. The molecule has 0 bridgehead atoms. The Morgan fingerprint density at radius 2 is 2.14 bits per heavy atom. The maximum absolute atomic E-state index is 11.2. The van der Waals surface area contributed by atoms with Crippen LogP contribution in [0.2, 0.25) is 0 Å². The van der Waals surface area contributed by atoms with Crippen LogP contribution in [0.3, 0.4) is 0 Å². The molecule has 1 rings (SSSR count). The van der Waals surface area contributed by atoms with E-state index in [1.54, 1.807) is 31.5 Å². The van der Waals surface area contributed by atoms with Crippen molar-refractivity contribution in [3.63, 3.8) is 0 Å². The number of aliphatic hydroxyl groups excluding tert-OH is 1. The summed E-state index contributed by atoms with van der Waals surface area (Å²) in [6.45, 7) is 1.72. The summed E-state index contributed by atoms with van der Waals surface area (Å²) in [6, 6.07) is 2.45. The predicted octanol–water partition coefficient (Wildman–Crippen LogP) is 0.421. The Morgan fingerprint density at radius 3 is 2.64 bits per heavy atom. The first-order chi connectivity index (χ1) is 6.66. The van der Waals surface area contributed by atoms with Gasteiger partial charge in [0.05, 0.1) is 6.04 Å². The Morgan fingerprint density at radius 1 is 1.57 bits per heavy atom. The van der Waals surface area contributed by atoms with Crippen molar-refractivity contribution in [3.05, 3.63) is 30.1 Å². The summed E-state index contributed by atoms with van der Waals surface area (Å²) in [5, 5.41) is 9.72. The summed E-state index contributed by atoms with van der Waals surface area (Å²) >= 11 is 0. The fourth-order valence-corrected chi connectivity index (χ4v) is 1.18. The number of nitrogens with two attached hydrogens (primary N) is 1. The molecule has 0 fully saturated rings. The Labute approximate surface area is 82.8 Å². The van der Waals surface area contributed by atoms with Crippen molar-refractivity contribution in [1.29, 1.82) is 0 Å². The summed E-state index contributed by atoms with van der Waals surface area (Å²) in [4.78, 5) is 15.0. The number of aromatic nitrogens is 1. The number of carbonyl (C=O) groups excluding carboxylic acids is 1. The van der Waals surface area contributed by atoms with Gasteiger partial charge in [-0.05, 0) is 17.7 Å². The molecule has 0 radical (unpaired) electrons. The van der Waals surface area contributed by atoms with Crippen LogP contribution in [0.15, 0.2) is 24.5 Å². The molecule has 0 saturated heterocycles. The van der Waals surface area contributed by atoms with Gasteiger partial charge in [-0.2, -0.15) is 0 Å². The molecular weight excluding hydrogens is 180 g/mol.